The number of rotatable bonds is 9. The number of ether oxygens (including phenoxy) is 1. The first kappa shape index (κ1) is 20.9. The topological polar surface area (TPSA) is 98.5 Å². The average Bonchev–Trinajstić information content (AvgIpc) is 2.58. The molecule has 0 unspecified atom stereocenters. The molecule has 0 spiro atoms. The van der Waals surface area contributed by atoms with Crippen LogP contribution in [0, 0.1) is 17.0 Å². The Hall–Kier alpha value is -2.45. The van der Waals surface area contributed by atoms with E-state index in [2.05, 4.69) is 4.72 Å². The molecule has 0 amide bonds. The lowest BCUT2D eigenvalue weighted by atomic mass is 10.1. The molecule has 7 nitrogen and oxygen atoms in total. The monoisotopic (exact) mass is 392 g/mol. The van der Waals surface area contributed by atoms with E-state index in [-0.39, 0.29) is 23.2 Å². The largest absolute Gasteiger partial charge is 0.491 e. The van der Waals surface area contributed by atoms with E-state index >= 15 is 0 Å². The van der Waals surface area contributed by atoms with Crippen molar-refractivity contribution in [2.45, 2.75) is 44.6 Å². The quantitative estimate of drug-likeness (QED) is 0.399. The molecular weight excluding hydrogens is 368 g/mol. The number of nitro benzene ring substituents is 1. The fourth-order valence-corrected chi connectivity index (χ4v) is 3.95. The van der Waals surface area contributed by atoms with E-state index < -0.39 is 14.9 Å². The molecule has 0 aliphatic heterocycles. The van der Waals surface area contributed by atoms with Gasteiger partial charge in [-0.05, 0) is 56.9 Å². The number of non-ortho nitro benzene ring substituents is 1. The molecule has 0 saturated carbocycles. The SMILES string of the molecule is Cc1ccc([N+](=O)[O-])cc1S(=O)(=O)NCCCc1cccc(OC(C)C)c1. The van der Waals surface area contributed by atoms with Crippen LogP contribution >= 0.6 is 0 Å². The van der Waals surface area contributed by atoms with Gasteiger partial charge in [-0.15, -0.1) is 0 Å². The number of nitro groups is 1. The lowest BCUT2D eigenvalue weighted by Gasteiger charge is -2.11. The van der Waals surface area contributed by atoms with Crippen molar-refractivity contribution in [3.8, 4) is 5.75 Å². The summed E-state index contributed by atoms with van der Waals surface area (Å²) in [6.45, 7) is 5.76. The van der Waals surface area contributed by atoms with Gasteiger partial charge in [0.25, 0.3) is 5.69 Å². The van der Waals surface area contributed by atoms with Crippen LogP contribution in [0.25, 0.3) is 0 Å². The van der Waals surface area contributed by atoms with E-state index in [1.165, 1.54) is 12.1 Å². The summed E-state index contributed by atoms with van der Waals surface area (Å²) in [4.78, 5) is 10.2. The van der Waals surface area contributed by atoms with Crippen LogP contribution in [0.1, 0.15) is 31.4 Å². The summed E-state index contributed by atoms with van der Waals surface area (Å²) in [6, 6.07) is 11.5. The molecule has 0 saturated heterocycles. The highest BCUT2D eigenvalue weighted by Crippen LogP contribution is 2.21. The zero-order chi connectivity index (χ0) is 20.0. The van der Waals surface area contributed by atoms with E-state index in [1.54, 1.807) is 6.92 Å². The minimum absolute atomic E-state index is 0.0657. The zero-order valence-electron chi connectivity index (χ0n) is 15.6. The second kappa shape index (κ2) is 8.96. The summed E-state index contributed by atoms with van der Waals surface area (Å²) in [6.07, 6.45) is 1.37. The number of nitrogens with zero attached hydrogens (tertiary/aromatic N) is 1. The summed E-state index contributed by atoms with van der Waals surface area (Å²) < 4.78 is 33.1. The molecule has 1 N–H and O–H groups in total. The second-order valence-electron chi connectivity index (χ2n) is 6.52. The molecule has 0 radical (unpaired) electrons. The standard InChI is InChI=1S/C19H24N2O5S/c1-14(2)26-18-8-4-6-16(12-18)7-5-11-20-27(24,25)19-13-17(21(22)23)10-9-15(19)3/h4,6,8-10,12-14,20H,5,7,11H2,1-3H3. The zero-order valence-corrected chi connectivity index (χ0v) is 16.5. The maximum atomic E-state index is 12.5. The first-order valence-electron chi connectivity index (χ1n) is 8.69. The Bertz CT molecular complexity index is 910. The Morgan fingerprint density at radius 2 is 1.93 bits per heavy atom. The van der Waals surface area contributed by atoms with Crippen molar-refractivity contribution in [3.05, 3.63) is 63.7 Å². The fourth-order valence-electron chi connectivity index (χ4n) is 2.62. The molecule has 2 aromatic rings. The number of nitrogens with one attached hydrogen (secondary N) is 1. The summed E-state index contributed by atoms with van der Waals surface area (Å²) >= 11 is 0. The third-order valence-corrected chi connectivity index (χ3v) is 5.48. The highest BCUT2D eigenvalue weighted by molar-refractivity contribution is 7.89. The first-order valence-corrected chi connectivity index (χ1v) is 10.2. The number of aryl methyl sites for hydroxylation is 2. The van der Waals surface area contributed by atoms with Crippen LogP contribution < -0.4 is 9.46 Å². The molecule has 0 bridgehead atoms. The van der Waals surface area contributed by atoms with Gasteiger partial charge in [0.2, 0.25) is 10.0 Å². The van der Waals surface area contributed by atoms with Crippen molar-refractivity contribution < 1.29 is 18.1 Å². The first-order chi connectivity index (χ1) is 12.7. The van der Waals surface area contributed by atoms with Crippen molar-refractivity contribution in [2.75, 3.05) is 6.54 Å². The Balaban J connectivity index is 1.97. The van der Waals surface area contributed by atoms with Gasteiger partial charge in [-0.1, -0.05) is 18.2 Å². The van der Waals surface area contributed by atoms with Gasteiger partial charge in [-0.25, -0.2) is 13.1 Å². The molecule has 0 fully saturated rings. The van der Waals surface area contributed by atoms with Gasteiger partial charge in [0.05, 0.1) is 15.9 Å². The highest BCUT2D eigenvalue weighted by Gasteiger charge is 2.20. The van der Waals surface area contributed by atoms with Gasteiger partial charge in [0.15, 0.2) is 0 Å². The molecule has 27 heavy (non-hydrogen) atoms. The number of sulfonamides is 1. The molecule has 2 rings (SSSR count). The second-order valence-corrected chi connectivity index (χ2v) is 8.26. The van der Waals surface area contributed by atoms with Gasteiger partial charge in [-0.3, -0.25) is 10.1 Å². The minimum atomic E-state index is -3.80. The number of benzene rings is 2. The van der Waals surface area contributed by atoms with E-state index in [0.29, 0.717) is 18.4 Å². The fraction of sp³-hybridized carbons (Fsp3) is 0.368. The van der Waals surface area contributed by atoms with Crippen LogP contribution in [0.3, 0.4) is 0 Å². The van der Waals surface area contributed by atoms with Crippen LogP contribution in [0.4, 0.5) is 5.69 Å². The van der Waals surface area contributed by atoms with Gasteiger partial charge in [0.1, 0.15) is 5.75 Å². The Labute approximate surface area is 159 Å². The van der Waals surface area contributed by atoms with E-state index in [0.717, 1.165) is 17.4 Å². The lowest BCUT2D eigenvalue weighted by Crippen LogP contribution is -2.26. The van der Waals surface area contributed by atoms with E-state index in [9.17, 15) is 18.5 Å². The van der Waals surface area contributed by atoms with Crippen LogP contribution in [-0.2, 0) is 16.4 Å². The summed E-state index contributed by atoms with van der Waals surface area (Å²) in [5.74, 6) is 0.787. The van der Waals surface area contributed by atoms with Crippen molar-refractivity contribution >= 4 is 15.7 Å². The molecule has 146 valence electrons. The smallest absolute Gasteiger partial charge is 0.270 e. The predicted molar refractivity (Wildman–Crippen MR) is 104 cm³/mol. The molecule has 8 heteroatoms. The van der Waals surface area contributed by atoms with E-state index in [4.69, 9.17) is 4.74 Å². The van der Waals surface area contributed by atoms with Gasteiger partial charge in [-0.2, -0.15) is 0 Å². The molecule has 0 aliphatic rings. The Morgan fingerprint density at radius 1 is 1.19 bits per heavy atom. The van der Waals surface area contributed by atoms with Crippen molar-refractivity contribution in [1.82, 2.24) is 4.72 Å². The maximum Gasteiger partial charge on any atom is 0.270 e. The third-order valence-electron chi connectivity index (χ3n) is 3.88. The van der Waals surface area contributed by atoms with Gasteiger partial charge >= 0.3 is 0 Å². The van der Waals surface area contributed by atoms with Gasteiger partial charge in [0, 0.05) is 18.7 Å². The Morgan fingerprint density at radius 3 is 2.59 bits per heavy atom. The Kier molecular flexibility index (Phi) is 6.92. The van der Waals surface area contributed by atoms with Crippen LogP contribution in [0.2, 0.25) is 0 Å². The predicted octanol–water partition coefficient (Wildman–Crippen LogP) is 3.60. The van der Waals surface area contributed by atoms with E-state index in [1.807, 2.05) is 38.1 Å². The molecular formula is C19H24N2O5S. The average molecular weight is 392 g/mol. The van der Waals surface area contributed by atoms with Crippen molar-refractivity contribution in [1.29, 1.82) is 0 Å². The maximum absolute atomic E-state index is 12.5. The summed E-state index contributed by atoms with van der Waals surface area (Å²) in [5.41, 5.74) is 1.27. The number of hydrogen-bond acceptors (Lipinski definition) is 5. The number of hydrogen-bond donors (Lipinski definition) is 1. The molecule has 0 heterocycles. The summed E-state index contributed by atoms with van der Waals surface area (Å²) in [7, 11) is -3.80. The highest BCUT2D eigenvalue weighted by atomic mass is 32.2. The lowest BCUT2D eigenvalue weighted by molar-refractivity contribution is -0.385. The van der Waals surface area contributed by atoms with Crippen molar-refractivity contribution in [3.63, 3.8) is 0 Å². The van der Waals surface area contributed by atoms with Crippen molar-refractivity contribution in [2.24, 2.45) is 0 Å². The third kappa shape index (κ3) is 6.04. The molecule has 0 aliphatic carbocycles. The van der Waals surface area contributed by atoms with Crippen LogP contribution in [0.15, 0.2) is 47.4 Å². The molecule has 0 aromatic heterocycles. The van der Waals surface area contributed by atoms with Crippen LogP contribution in [-0.4, -0.2) is 26.0 Å². The summed E-state index contributed by atoms with van der Waals surface area (Å²) in [5, 5.41) is 10.9. The molecule has 2 aromatic carbocycles. The normalized spacial score (nSPS) is 11.6. The van der Waals surface area contributed by atoms with Gasteiger partial charge < -0.3 is 4.74 Å². The molecule has 0 atom stereocenters. The minimum Gasteiger partial charge on any atom is -0.491 e. The van der Waals surface area contributed by atoms with Crippen LogP contribution in [0.5, 0.6) is 5.75 Å².